The van der Waals surface area contributed by atoms with E-state index in [1.807, 2.05) is 49.4 Å². The van der Waals surface area contributed by atoms with Crippen LogP contribution in [0.25, 0.3) is 0 Å². The summed E-state index contributed by atoms with van der Waals surface area (Å²) >= 11 is 0. The van der Waals surface area contributed by atoms with Gasteiger partial charge >= 0.3 is 0 Å². The normalized spacial score (nSPS) is 24.4. The molecule has 0 bridgehead atoms. The van der Waals surface area contributed by atoms with Gasteiger partial charge < -0.3 is 0 Å². The first kappa shape index (κ1) is 16.4. The zero-order chi connectivity index (χ0) is 16.8. The molecule has 0 amide bonds. The first-order chi connectivity index (χ1) is 10.7. The number of sulfonamides is 1. The molecule has 0 spiro atoms. The minimum atomic E-state index is -3.44. The molecule has 3 nitrogen and oxygen atoms in total. The van der Waals surface area contributed by atoms with Gasteiger partial charge in [0.2, 0.25) is 10.0 Å². The molecule has 0 saturated carbocycles. The number of benzene rings is 2. The van der Waals surface area contributed by atoms with Crippen molar-refractivity contribution in [3.05, 3.63) is 65.7 Å². The van der Waals surface area contributed by atoms with Crippen LogP contribution >= 0.6 is 0 Å². The predicted octanol–water partition coefficient (Wildman–Crippen LogP) is 3.99. The highest BCUT2D eigenvalue weighted by Gasteiger charge is 2.61. The van der Waals surface area contributed by atoms with Crippen LogP contribution in [0.2, 0.25) is 19.6 Å². The van der Waals surface area contributed by atoms with Crippen LogP contribution in [0.4, 0.5) is 0 Å². The zero-order valence-electron chi connectivity index (χ0n) is 14.0. The fourth-order valence-electron chi connectivity index (χ4n) is 3.18. The van der Waals surface area contributed by atoms with Gasteiger partial charge in [0.15, 0.2) is 0 Å². The van der Waals surface area contributed by atoms with E-state index >= 15 is 0 Å². The Kier molecular flexibility index (Phi) is 3.98. The second-order valence-electron chi connectivity index (χ2n) is 7.31. The van der Waals surface area contributed by atoms with Crippen molar-refractivity contribution in [2.24, 2.45) is 0 Å². The molecule has 122 valence electrons. The van der Waals surface area contributed by atoms with Crippen molar-refractivity contribution in [1.29, 1.82) is 0 Å². The van der Waals surface area contributed by atoms with Gasteiger partial charge in [-0.15, -0.1) is 0 Å². The fraction of sp³-hybridized carbons (Fsp3) is 0.333. The summed E-state index contributed by atoms with van der Waals surface area (Å²) in [4.78, 5) is 0.393. The molecule has 1 fully saturated rings. The summed E-state index contributed by atoms with van der Waals surface area (Å²) in [6, 6.07) is 17.1. The summed E-state index contributed by atoms with van der Waals surface area (Å²) < 4.78 is 27.9. The molecule has 2 aromatic carbocycles. The highest BCUT2D eigenvalue weighted by atomic mass is 32.2. The molecule has 1 aliphatic heterocycles. The van der Waals surface area contributed by atoms with E-state index in [1.165, 1.54) is 0 Å². The number of nitrogens with zero attached hydrogens (tertiary/aromatic N) is 1. The van der Waals surface area contributed by atoms with Gasteiger partial charge in [0.25, 0.3) is 0 Å². The molecule has 0 N–H and O–H groups in total. The molecule has 1 saturated heterocycles. The summed E-state index contributed by atoms with van der Waals surface area (Å²) in [5.74, 6) is 0. The molecule has 1 heterocycles. The molecular formula is C18H23NO2SSi. The molecule has 1 unspecified atom stereocenters. The van der Waals surface area contributed by atoms with E-state index in [0.717, 1.165) is 11.1 Å². The quantitative estimate of drug-likeness (QED) is 0.621. The van der Waals surface area contributed by atoms with Gasteiger partial charge in [0, 0.05) is 5.67 Å². The van der Waals surface area contributed by atoms with Crippen LogP contribution in [0.1, 0.15) is 17.2 Å². The second-order valence-corrected chi connectivity index (χ2v) is 14.5. The third-order valence-corrected chi connectivity index (χ3v) is 8.82. The summed E-state index contributed by atoms with van der Waals surface area (Å²) in [5, 5.41) is 0. The maximum absolute atomic E-state index is 13.1. The number of rotatable bonds is 4. The minimum Gasteiger partial charge on any atom is -0.207 e. The maximum atomic E-state index is 13.1. The molecule has 0 aromatic heterocycles. The Morgan fingerprint density at radius 2 is 1.48 bits per heavy atom. The standard InChI is InChI=1S/C18H23NO2SSi/c1-14-10-12-16(13-11-14)22(20,21)19-17(18(19)23(2,3)4)15-8-6-5-7-9-15/h5-13,17-18H,1-4H3/t17-,18+,19?/m1/s1. The lowest BCUT2D eigenvalue weighted by molar-refractivity contribution is 0.551. The molecule has 2 aromatic rings. The zero-order valence-corrected chi connectivity index (χ0v) is 15.8. The van der Waals surface area contributed by atoms with Gasteiger partial charge in [-0.3, -0.25) is 0 Å². The monoisotopic (exact) mass is 345 g/mol. The van der Waals surface area contributed by atoms with Crippen LogP contribution in [0.3, 0.4) is 0 Å². The summed E-state index contributed by atoms with van der Waals surface area (Å²) in [6.45, 7) is 8.67. The van der Waals surface area contributed by atoms with Gasteiger partial charge in [-0.05, 0) is 24.6 Å². The van der Waals surface area contributed by atoms with Crippen molar-refractivity contribution < 1.29 is 8.42 Å². The molecule has 5 heteroatoms. The molecule has 0 radical (unpaired) electrons. The molecule has 23 heavy (non-hydrogen) atoms. The van der Waals surface area contributed by atoms with Crippen molar-refractivity contribution in [2.75, 3.05) is 0 Å². The molecule has 1 aliphatic rings. The Balaban J connectivity index is 2.01. The summed E-state index contributed by atoms with van der Waals surface area (Å²) in [7, 11) is -5.08. The lowest BCUT2D eigenvalue weighted by Crippen LogP contribution is -2.33. The van der Waals surface area contributed by atoms with Crippen LogP contribution in [-0.4, -0.2) is 26.5 Å². The van der Waals surface area contributed by atoms with Crippen molar-refractivity contribution in [3.63, 3.8) is 0 Å². The Bertz CT molecular complexity index is 795. The summed E-state index contributed by atoms with van der Waals surface area (Å²) in [6.07, 6.45) is 0. The Labute approximate surface area is 140 Å². The third kappa shape index (κ3) is 3.01. The van der Waals surface area contributed by atoms with E-state index in [9.17, 15) is 8.42 Å². The van der Waals surface area contributed by atoms with Crippen molar-refractivity contribution in [1.82, 2.24) is 4.31 Å². The van der Waals surface area contributed by atoms with Gasteiger partial charge in [-0.1, -0.05) is 67.7 Å². The number of hydrogen-bond donors (Lipinski definition) is 0. The third-order valence-electron chi connectivity index (χ3n) is 4.38. The Morgan fingerprint density at radius 3 is 2.00 bits per heavy atom. The average molecular weight is 346 g/mol. The van der Waals surface area contributed by atoms with E-state index in [0.29, 0.717) is 4.90 Å². The van der Waals surface area contributed by atoms with Crippen LogP contribution in [0, 0.1) is 6.92 Å². The van der Waals surface area contributed by atoms with Gasteiger partial charge in [-0.2, -0.15) is 4.31 Å². The van der Waals surface area contributed by atoms with Crippen LogP contribution in [-0.2, 0) is 10.0 Å². The SMILES string of the molecule is Cc1ccc(S(=O)(=O)N2[C@H](c3ccccc3)[C@@H]2[Si](C)(C)C)cc1. The fourth-order valence-corrected chi connectivity index (χ4v) is 8.41. The van der Waals surface area contributed by atoms with Crippen LogP contribution in [0.5, 0.6) is 0 Å². The Hall–Kier alpha value is -1.43. The van der Waals surface area contributed by atoms with Crippen molar-refractivity contribution in [2.45, 2.75) is 43.2 Å². The topological polar surface area (TPSA) is 37.1 Å². The van der Waals surface area contributed by atoms with Gasteiger partial charge in [0.1, 0.15) is 0 Å². The van der Waals surface area contributed by atoms with E-state index < -0.39 is 18.1 Å². The van der Waals surface area contributed by atoms with E-state index in [2.05, 4.69) is 19.6 Å². The largest absolute Gasteiger partial charge is 0.243 e. The first-order valence-corrected chi connectivity index (χ1v) is 12.9. The van der Waals surface area contributed by atoms with E-state index in [1.54, 1.807) is 16.4 Å². The molecule has 3 rings (SSSR count). The van der Waals surface area contributed by atoms with Gasteiger partial charge in [-0.25, -0.2) is 8.42 Å². The average Bonchev–Trinajstić information content (AvgIpc) is 3.25. The lowest BCUT2D eigenvalue weighted by Gasteiger charge is -2.15. The lowest BCUT2D eigenvalue weighted by atomic mass is 10.2. The summed E-state index contributed by atoms with van der Waals surface area (Å²) in [5.41, 5.74) is 2.28. The minimum absolute atomic E-state index is 0.0193. The van der Waals surface area contributed by atoms with E-state index in [4.69, 9.17) is 0 Å². The molecule has 0 aliphatic carbocycles. The predicted molar refractivity (Wildman–Crippen MR) is 96.5 cm³/mol. The maximum Gasteiger partial charge on any atom is 0.243 e. The van der Waals surface area contributed by atoms with Crippen molar-refractivity contribution >= 4 is 18.1 Å². The van der Waals surface area contributed by atoms with Crippen LogP contribution < -0.4 is 0 Å². The highest BCUT2D eigenvalue weighted by molar-refractivity contribution is 7.89. The Morgan fingerprint density at radius 1 is 0.913 bits per heavy atom. The molecule has 3 atom stereocenters. The highest BCUT2D eigenvalue weighted by Crippen LogP contribution is 2.51. The smallest absolute Gasteiger partial charge is 0.207 e. The number of aryl methyl sites for hydroxylation is 1. The molecular weight excluding hydrogens is 322 g/mol. The second kappa shape index (κ2) is 5.58. The number of hydrogen-bond acceptors (Lipinski definition) is 2. The van der Waals surface area contributed by atoms with E-state index in [-0.39, 0.29) is 11.7 Å². The van der Waals surface area contributed by atoms with Crippen molar-refractivity contribution in [3.8, 4) is 0 Å². The first-order valence-electron chi connectivity index (χ1n) is 7.88. The van der Waals surface area contributed by atoms with Gasteiger partial charge in [0.05, 0.1) is 19.0 Å². The van der Waals surface area contributed by atoms with Crippen LogP contribution in [0.15, 0.2) is 59.5 Å².